The van der Waals surface area contributed by atoms with Crippen LogP contribution in [0.4, 0.5) is 28.4 Å². The van der Waals surface area contributed by atoms with Crippen molar-refractivity contribution in [2.24, 2.45) is 0 Å². The fraction of sp³-hybridized carbons (Fsp3) is 0.333. The number of nitrogens with zero attached hydrogens (tertiary/aromatic N) is 3. The first kappa shape index (κ1) is 38.6. The van der Waals surface area contributed by atoms with Crippen molar-refractivity contribution in [3.05, 3.63) is 167 Å². The summed E-state index contributed by atoms with van der Waals surface area (Å²) in [4.78, 5) is 5.26. The summed E-state index contributed by atoms with van der Waals surface area (Å²) >= 11 is 0. The SMILES string of the molecule is CCc1ccc2cc(-c3cc(C)cc(N(c4cccc(N5c6ccccc6C6(C)CCCCC56C)c4)c4ccc5c(c4)C(C)(C)CCC5(C)C)c3)n(-c3ccccc3)c2c1. The van der Waals surface area contributed by atoms with E-state index in [-0.39, 0.29) is 21.8 Å². The lowest BCUT2D eigenvalue weighted by Crippen LogP contribution is -2.54. The van der Waals surface area contributed by atoms with Gasteiger partial charge < -0.3 is 14.4 Å². The normalized spacial score (nSPS) is 21.4. The molecule has 3 heteroatoms. The topological polar surface area (TPSA) is 11.4 Å². The zero-order chi connectivity index (χ0) is 41.6. The van der Waals surface area contributed by atoms with Crippen LogP contribution in [0.2, 0.25) is 0 Å². The quantitative estimate of drug-likeness (QED) is 0.159. The second-order valence-corrected chi connectivity index (χ2v) is 20.0. The molecular weight excluding hydrogens is 727 g/mol. The molecule has 3 nitrogen and oxygen atoms in total. The Hall–Kier alpha value is -5.54. The van der Waals surface area contributed by atoms with E-state index in [2.05, 4.69) is 209 Å². The van der Waals surface area contributed by atoms with Gasteiger partial charge in [0.1, 0.15) is 0 Å². The number of para-hydroxylation sites is 2. The number of hydrogen-bond donors (Lipinski definition) is 0. The molecule has 0 bridgehead atoms. The van der Waals surface area contributed by atoms with Crippen LogP contribution in [0, 0.1) is 6.92 Å². The zero-order valence-electron chi connectivity index (χ0n) is 37.1. The summed E-state index contributed by atoms with van der Waals surface area (Å²) in [6.45, 7) is 19.3. The van der Waals surface area contributed by atoms with Gasteiger partial charge in [0.05, 0.1) is 16.7 Å². The van der Waals surface area contributed by atoms with Crippen LogP contribution in [0.5, 0.6) is 0 Å². The first-order valence-corrected chi connectivity index (χ1v) is 22.6. The minimum absolute atomic E-state index is 0.0151. The van der Waals surface area contributed by atoms with Crippen LogP contribution in [0.15, 0.2) is 140 Å². The summed E-state index contributed by atoms with van der Waals surface area (Å²) in [6, 6.07) is 53.5. The predicted octanol–water partition coefficient (Wildman–Crippen LogP) is 15.7. The molecule has 60 heavy (non-hydrogen) atoms. The van der Waals surface area contributed by atoms with Gasteiger partial charge in [0, 0.05) is 50.5 Å². The largest absolute Gasteiger partial charge is 0.334 e. The fourth-order valence-electron chi connectivity index (χ4n) is 11.6. The third-order valence-corrected chi connectivity index (χ3v) is 15.4. The van der Waals surface area contributed by atoms with Gasteiger partial charge in [-0.3, -0.25) is 0 Å². The molecule has 0 saturated heterocycles. The van der Waals surface area contributed by atoms with Crippen molar-refractivity contribution in [2.75, 3.05) is 9.80 Å². The number of aryl methyl sites for hydroxylation is 2. The van der Waals surface area contributed by atoms with Gasteiger partial charge in [-0.2, -0.15) is 0 Å². The lowest BCUT2D eigenvalue weighted by Gasteiger charge is -2.50. The lowest BCUT2D eigenvalue weighted by molar-refractivity contribution is 0.195. The van der Waals surface area contributed by atoms with E-state index in [1.54, 1.807) is 0 Å². The highest BCUT2D eigenvalue weighted by molar-refractivity contribution is 5.91. The molecule has 3 aliphatic rings. The van der Waals surface area contributed by atoms with E-state index in [1.165, 1.54) is 123 Å². The van der Waals surface area contributed by atoms with Crippen molar-refractivity contribution < 1.29 is 0 Å². The lowest BCUT2D eigenvalue weighted by atomic mass is 9.61. The molecule has 1 aromatic heterocycles. The summed E-state index contributed by atoms with van der Waals surface area (Å²) in [5.41, 5.74) is 18.4. The van der Waals surface area contributed by atoms with Crippen LogP contribution in [-0.4, -0.2) is 10.1 Å². The van der Waals surface area contributed by atoms with Crippen LogP contribution in [0.1, 0.15) is 115 Å². The standard InChI is InChI=1S/C57H61N3/c1-9-40-24-25-41-36-53(59(52(41)34-40)43-18-11-10-12-19-43)42-32-39(2)33-47(35-42)58(45-26-27-48-50(38-45)55(5,6)31-30-54(48,3)4)44-20-17-21-46(37-44)60-51-23-14-13-22-49(51)56(7)28-15-16-29-57(56,60)8/h10-14,17-27,32-38H,9,15-16,28-31H2,1-8H3. The van der Waals surface area contributed by atoms with E-state index in [4.69, 9.17) is 0 Å². The number of rotatable bonds is 7. The van der Waals surface area contributed by atoms with E-state index >= 15 is 0 Å². The van der Waals surface area contributed by atoms with E-state index in [0.29, 0.717) is 0 Å². The second-order valence-electron chi connectivity index (χ2n) is 20.0. The summed E-state index contributed by atoms with van der Waals surface area (Å²) in [7, 11) is 0. The zero-order valence-corrected chi connectivity index (χ0v) is 37.1. The van der Waals surface area contributed by atoms with E-state index in [0.717, 1.165) is 6.42 Å². The van der Waals surface area contributed by atoms with Crippen molar-refractivity contribution in [3.8, 4) is 16.9 Å². The van der Waals surface area contributed by atoms with Crippen molar-refractivity contribution >= 4 is 39.3 Å². The average Bonchev–Trinajstić information content (AvgIpc) is 3.73. The molecular formula is C57H61N3. The van der Waals surface area contributed by atoms with Crippen LogP contribution in [0.3, 0.4) is 0 Å². The first-order valence-electron chi connectivity index (χ1n) is 22.6. The molecule has 0 spiro atoms. The molecule has 1 aliphatic heterocycles. The van der Waals surface area contributed by atoms with Crippen molar-refractivity contribution in [1.29, 1.82) is 0 Å². The number of benzene rings is 6. The molecule has 10 rings (SSSR count). The Morgan fingerprint density at radius 2 is 1.27 bits per heavy atom. The van der Waals surface area contributed by atoms with E-state index in [9.17, 15) is 0 Å². The maximum atomic E-state index is 2.71. The molecule has 1 fully saturated rings. The minimum atomic E-state index is -0.0151. The molecule has 6 aromatic carbocycles. The number of aromatic nitrogens is 1. The summed E-state index contributed by atoms with van der Waals surface area (Å²) in [6.07, 6.45) is 8.32. The molecule has 2 atom stereocenters. The van der Waals surface area contributed by atoms with Crippen LogP contribution >= 0.6 is 0 Å². The third kappa shape index (κ3) is 5.98. The molecule has 0 N–H and O–H groups in total. The molecule has 304 valence electrons. The summed E-state index contributed by atoms with van der Waals surface area (Å²) < 4.78 is 2.47. The molecule has 0 radical (unpaired) electrons. The Kier molecular flexibility index (Phi) is 9.03. The first-order chi connectivity index (χ1) is 28.8. The van der Waals surface area contributed by atoms with Crippen LogP contribution in [-0.2, 0) is 22.7 Å². The highest BCUT2D eigenvalue weighted by Gasteiger charge is 2.57. The highest BCUT2D eigenvalue weighted by atomic mass is 15.3. The minimum Gasteiger partial charge on any atom is -0.334 e. The van der Waals surface area contributed by atoms with Crippen molar-refractivity contribution in [3.63, 3.8) is 0 Å². The Morgan fingerprint density at radius 3 is 2.07 bits per heavy atom. The van der Waals surface area contributed by atoms with Gasteiger partial charge in [0.2, 0.25) is 0 Å². The number of hydrogen-bond acceptors (Lipinski definition) is 2. The highest BCUT2D eigenvalue weighted by Crippen LogP contribution is 2.61. The van der Waals surface area contributed by atoms with Gasteiger partial charge >= 0.3 is 0 Å². The predicted molar refractivity (Wildman–Crippen MR) is 256 cm³/mol. The van der Waals surface area contributed by atoms with Gasteiger partial charge in [-0.15, -0.1) is 0 Å². The Labute approximate surface area is 358 Å². The van der Waals surface area contributed by atoms with E-state index < -0.39 is 0 Å². The maximum absolute atomic E-state index is 2.71. The number of anilines is 5. The molecule has 0 amide bonds. The monoisotopic (exact) mass is 787 g/mol. The smallest absolute Gasteiger partial charge is 0.0541 e. The molecule has 7 aromatic rings. The van der Waals surface area contributed by atoms with Crippen molar-refractivity contribution in [1.82, 2.24) is 4.57 Å². The Bertz CT molecular complexity index is 2770. The summed E-state index contributed by atoms with van der Waals surface area (Å²) in [5.74, 6) is 0. The van der Waals surface area contributed by atoms with Gasteiger partial charge in [0.25, 0.3) is 0 Å². The van der Waals surface area contributed by atoms with Gasteiger partial charge in [-0.1, -0.05) is 115 Å². The Balaban J connectivity index is 1.19. The average molecular weight is 788 g/mol. The van der Waals surface area contributed by atoms with Crippen LogP contribution < -0.4 is 9.80 Å². The maximum Gasteiger partial charge on any atom is 0.0541 e. The number of fused-ring (bicyclic) bond motifs is 5. The van der Waals surface area contributed by atoms with E-state index in [1.807, 2.05) is 0 Å². The second kappa shape index (κ2) is 14.0. The molecule has 2 heterocycles. The molecule has 2 aliphatic carbocycles. The van der Waals surface area contributed by atoms with Gasteiger partial charge in [-0.25, -0.2) is 0 Å². The molecule has 1 saturated carbocycles. The van der Waals surface area contributed by atoms with Crippen molar-refractivity contribution in [2.45, 2.75) is 122 Å². The third-order valence-electron chi connectivity index (χ3n) is 15.4. The van der Waals surface area contributed by atoms with Gasteiger partial charge in [0.15, 0.2) is 0 Å². The van der Waals surface area contributed by atoms with Crippen LogP contribution in [0.25, 0.3) is 27.8 Å². The van der Waals surface area contributed by atoms with Gasteiger partial charge in [-0.05, 0) is 163 Å². The fourth-order valence-corrected chi connectivity index (χ4v) is 11.6. The summed E-state index contributed by atoms with van der Waals surface area (Å²) in [5, 5.41) is 1.26. The molecule has 2 unspecified atom stereocenters. The Morgan fingerprint density at radius 1 is 0.550 bits per heavy atom.